The summed E-state index contributed by atoms with van der Waals surface area (Å²) in [7, 11) is 2.23. The van der Waals surface area contributed by atoms with Crippen LogP contribution >= 0.6 is 0 Å². The molecular formula is C17H24N4. The van der Waals surface area contributed by atoms with Gasteiger partial charge in [0.15, 0.2) is 0 Å². The maximum absolute atomic E-state index is 4.20. The molecule has 4 heteroatoms. The van der Waals surface area contributed by atoms with Crippen LogP contribution in [-0.4, -0.2) is 41.3 Å². The Bertz CT molecular complexity index is 549. The summed E-state index contributed by atoms with van der Waals surface area (Å²) in [4.78, 5) is 2.48. The fourth-order valence-corrected chi connectivity index (χ4v) is 3.08. The van der Waals surface area contributed by atoms with E-state index in [-0.39, 0.29) is 0 Å². The summed E-state index contributed by atoms with van der Waals surface area (Å²) < 4.78 is 0. The Labute approximate surface area is 126 Å². The second kappa shape index (κ2) is 6.87. The molecule has 0 aliphatic carbocycles. The SMILES string of the molecule is CN1CCCCC1CNCc1cn[nH]c1-c1ccccc1. The predicted octanol–water partition coefficient (Wildman–Crippen LogP) is 2.65. The van der Waals surface area contributed by atoms with Crippen LogP contribution in [-0.2, 0) is 6.54 Å². The third-order valence-electron chi connectivity index (χ3n) is 4.40. The molecule has 4 nitrogen and oxygen atoms in total. The van der Waals surface area contributed by atoms with Gasteiger partial charge in [-0.1, -0.05) is 36.8 Å². The van der Waals surface area contributed by atoms with Crippen molar-refractivity contribution in [3.63, 3.8) is 0 Å². The van der Waals surface area contributed by atoms with Crippen LogP contribution in [0.3, 0.4) is 0 Å². The van der Waals surface area contributed by atoms with Crippen molar-refractivity contribution in [2.45, 2.75) is 31.8 Å². The summed E-state index contributed by atoms with van der Waals surface area (Å²) in [6.07, 6.45) is 5.94. The molecule has 2 heterocycles. The average Bonchev–Trinajstić information content (AvgIpc) is 2.99. The van der Waals surface area contributed by atoms with E-state index in [4.69, 9.17) is 0 Å². The molecule has 1 aliphatic rings. The minimum absolute atomic E-state index is 0.672. The zero-order chi connectivity index (χ0) is 14.5. The number of likely N-dealkylation sites (tertiary alicyclic amines) is 1. The molecule has 1 saturated heterocycles. The van der Waals surface area contributed by atoms with Crippen LogP contribution in [0.1, 0.15) is 24.8 Å². The lowest BCUT2D eigenvalue weighted by molar-refractivity contribution is 0.181. The van der Waals surface area contributed by atoms with Crippen molar-refractivity contribution >= 4 is 0 Å². The Kier molecular flexibility index (Phi) is 4.68. The van der Waals surface area contributed by atoms with Crippen LogP contribution in [0.5, 0.6) is 0 Å². The first-order chi connectivity index (χ1) is 10.3. The van der Waals surface area contributed by atoms with Crippen LogP contribution in [0.4, 0.5) is 0 Å². The molecule has 0 spiro atoms. The summed E-state index contributed by atoms with van der Waals surface area (Å²) in [5.74, 6) is 0. The van der Waals surface area contributed by atoms with Gasteiger partial charge in [-0.3, -0.25) is 5.10 Å². The number of rotatable bonds is 5. The number of piperidine rings is 1. The molecule has 0 saturated carbocycles. The van der Waals surface area contributed by atoms with Gasteiger partial charge in [-0.15, -0.1) is 0 Å². The van der Waals surface area contributed by atoms with E-state index < -0.39 is 0 Å². The number of nitrogens with one attached hydrogen (secondary N) is 2. The number of benzene rings is 1. The lowest BCUT2D eigenvalue weighted by atomic mass is 10.0. The van der Waals surface area contributed by atoms with Crippen LogP contribution in [0.25, 0.3) is 11.3 Å². The van der Waals surface area contributed by atoms with Crippen molar-refractivity contribution in [1.29, 1.82) is 0 Å². The zero-order valence-corrected chi connectivity index (χ0v) is 12.7. The van der Waals surface area contributed by atoms with Gasteiger partial charge in [0.25, 0.3) is 0 Å². The Morgan fingerprint density at radius 2 is 2.14 bits per heavy atom. The Morgan fingerprint density at radius 3 is 2.95 bits per heavy atom. The minimum Gasteiger partial charge on any atom is -0.311 e. The van der Waals surface area contributed by atoms with E-state index in [9.17, 15) is 0 Å². The predicted molar refractivity (Wildman–Crippen MR) is 86.0 cm³/mol. The number of H-pyrrole nitrogens is 1. The fraction of sp³-hybridized carbons (Fsp3) is 0.471. The van der Waals surface area contributed by atoms with Crippen molar-refractivity contribution in [3.8, 4) is 11.3 Å². The third-order valence-corrected chi connectivity index (χ3v) is 4.40. The maximum atomic E-state index is 4.20. The molecule has 1 atom stereocenters. The zero-order valence-electron chi connectivity index (χ0n) is 12.7. The molecule has 1 unspecified atom stereocenters. The van der Waals surface area contributed by atoms with E-state index in [1.807, 2.05) is 12.3 Å². The quantitative estimate of drug-likeness (QED) is 0.887. The second-order valence-corrected chi connectivity index (χ2v) is 5.90. The van der Waals surface area contributed by atoms with Gasteiger partial charge in [0.1, 0.15) is 0 Å². The molecule has 0 amide bonds. The summed E-state index contributed by atoms with van der Waals surface area (Å²) >= 11 is 0. The van der Waals surface area contributed by atoms with Gasteiger partial charge >= 0.3 is 0 Å². The topological polar surface area (TPSA) is 44.0 Å². The van der Waals surface area contributed by atoms with Gasteiger partial charge < -0.3 is 10.2 Å². The summed E-state index contributed by atoms with van der Waals surface area (Å²) in [6, 6.07) is 11.1. The maximum Gasteiger partial charge on any atom is 0.0695 e. The lowest BCUT2D eigenvalue weighted by Gasteiger charge is -2.32. The first-order valence-electron chi connectivity index (χ1n) is 7.83. The second-order valence-electron chi connectivity index (χ2n) is 5.90. The Balaban J connectivity index is 1.58. The molecule has 2 aromatic rings. The largest absolute Gasteiger partial charge is 0.311 e. The van der Waals surface area contributed by atoms with Crippen molar-refractivity contribution in [2.24, 2.45) is 0 Å². The Hall–Kier alpha value is -1.65. The highest BCUT2D eigenvalue weighted by atomic mass is 15.2. The average molecular weight is 284 g/mol. The molecule has 1 aromatic carbocycles. The minimum atomic E-state index is 0.672. The normalized spacial score (nSPS) is 19.8. The van der Waals surface area contributed by atoms with Gasteiger partial charge in [-0.2, -0.15) is 5.10 Å². The molecule has 1 fully saturated rings. The summed E-state index contributed by atoms with van der Waals surface area (Å²) in [5.41, 5.74) is 3.56. The smallest absolute Gasteiger partial charge is 0.0695 e. The van der Waals surface area contributed by atoms with Gasteiger partial charge in [0, 0.05) is 24.7 Å². The van der Waals surface area contributed by atoms with Gasteiger partial charge in [-0.25, -0.2) is 0 Å². The van der Waals surface area contributed by atoms with Gasteiger partial charge in [-0.05, 0) is 32.0 Å². The van der Waals surface area contributed by atoms with Gasteiger partial charge in [0.05, 0.1) is 11.9 Å². The highest BCUT2D eigenvalue weighted by Gasteiger charge is 2.18. The molecule has 1 aromatic heterocycles. The third kappa shape index (κ3) is 3.52. The fourth-order valence-electron chi connectivity index (χ4n) is 3.08. The van der Waals surface area contributed by atoms with E-state index in [2.05, 4.69) is 51.7 Å². The van der Waals surface area contributed by atoms with Crippen LogP contribution in [0.2, 0.25) is 0 Å². The molecular weight excluding hydrogens is 260 g/mol. The number of likely N-dealkylation sites (N-methyl/N-ethyl adjacent to an activating group) is 1. The molecule has 0 bridgehead atoms. The van der Waals surface area contributed by atoms with Crippen molar-refractivity contribution in [1.82, 2.24) is 20.4 Å². The molecule has 1 aliphatic heterocycles. The van der Waals surface area contributed by atoms with Gasteiger partial charge in [0.2, 0.25) is 0 Å². The first kappa shape index (κ1) is 14.3. The summed E-state index contributed by atoms with van der Waals surface area (Å²) in [6.45, 7) is 3.15. The van der Waals surface area contributed by atoms with E-state index >= 15 is 0 Å². The summed E-state index contributed by atoms with van der Waals surface area (Å²) in [5, 5.41) is 10.9. The lowest BCUT2D eigenvalue weighted by Crippen LogP contribution is -2.42. The molecule has 3 rings (SSSR count). The van der Waals surface area contributed by atoms with Crippen molar-refractivity contribution in [2.75, 3.05) is 20.1 Å². The van der Waals surface area contributed by atoms with Crippen LogP contribution < -0.4 is 5.32 Å². The van der Waals surface area contributed by atoms with E-state index in [0.29, 0.717) is 6.04 Å². The first-order valence-corrected chi connectivity index (χ1v) is 7.83. The van der Waals surface area contributed by atoms with Crippen molar-refractivity contribution in [3.05, 3.63) is 42.1 Å². The highest BCUT2D eigenvalue weighted by Crippen LogP contribution is 2.20. The monoisotopic (exact) mass is 284 g/mol. The van der Waals surface area contributed by atoms with Crippen LogP contribution in [0, 0.1) is 0 Å². The number of hydrogen-bond donors (Lipinski definition) is 2. The van der Waals surface area contributed by atoms with E-state index in [1.54, 1.807) is 0 Å². The van der Waals surface area contributed by atoms with Crippen molar-refractivity contribution < 1.29 is 0 Å². The highest BCUT2D eigenvalue weighted by molar-refractivity contribution is 5.62. The molecule has 2 N–H and O–H groups in total. The van der Waals surface area contributed by atoms with Crippen LogP contribution in [0.15, 0.2) is 36.5 Å². The number of aromatic amines is 1. The van der Waals surface area contributed by atoms with E-state index in [0.717, 1.165) is 18.8 Å². The molecule has 0 radical (unpaired) electrons. The number of nitrogens with zero attached hydrogens (tertiary/aromatic N) is 2. The number of hydrogen-bond acceptors (Lipinski definition) is 3. The standard InChI is InChI=1S/C17H24N4/c1-21-10-6-5-9-16(21)13-18-11-15-12-19-20-17(15)14-7-3-2-4-8-14/h2-4,7-8,12,16,18H,5-6,9-11,13H2,1H3,(H,19,20). The van der Waals surface area contributed by atoms with E-state index in [1.165, 1.54) is 36.9 Å². The molecule has 21 heavy (non-hydrogen) atoms. The number of aromatic nitrogens is 2. The molecule has 112 valence electrons. The Morgan fingerprint density at radius 1 is 1.29 bits per heavy atom.